The van der Waals surface area contributed by atoms with Crippen molar-refractivity contribution in [2.24, 2.45) is 5.92 Å². The Balaban J connectivity index is 1.76. The van der Waals surface area contributed by atoms with Crippen LogP contribution >= 0.6 is 0 Å². The average molecular weight is 287 g/mol. The molecule has 2 aromatic heterocycles. The Hall–Kier alpha value is -2.18. The van der Waals surface area contributed by atoms with Gasteiger partial charge >= 0.3 is 0 Å². The van der Waals surface area contributed by atoms with Crippen molar-refractivity contribution in [3.8, 4) is 5.95 Å². The van der Waals surface area contributed by atoms with Crippen LogP contribution in [0.5, 0.6) is 0 Å². The third-order valence-corrected chi connectivity index (χ3v) is 4.04. The summed E-state index contributed by atoms with van der Waals surface area (Å²) in [5, 5.41) is 7.53. The van der Waals surface area contributed by atoms with Gasteiger partial charge in [0.2, 0.25) is 11.9 Å². The van der Waals surface area contributed by atoms with Crippen molar-refractivity contribution in [2.45, 2.75) is 45.1 Å². The lowest BCUT2D eigenvalue weighted by molar-refractivity contribution is 0.326. The lowest BCUT2D eigenvalue weighted by Crippen LogP contribution is -2.28. The van der Waals surface area contributed by atoms with Gasteiger partial charge < -0.3 is 11.1 Å². The van der Waals surface area contributed by atoms with E-state index in [0.717, 1.165) is 12.3 Å². The van der Waals surface area contributed by atoms with Crippen LogP contribution in [-0.2, 0) is 0 Å². The summed E-state index contributed by atoms with van der Waals surface area (Å²) in [5.74, 6) is 1.98. The molecule has 21 heavy (non-hydrogen) atoms. The van der Waals surface area contributed by atoms with E-state index in [0.29, 0.717) is 17.9 Å². The third-order valence-electron chi connectivity index (χ3n) is 4.04. The zero-order valence-corrected chi connectivity index (χ0v) is 12.2. The van der Waals surface area contributed by atoms with Gasteiger partial charge in [-0.2, -0.15) is 20.1 Å². The average Bonchev–Trinajstić information content (AvgIpc) is 3.01. The highest BCUT2D eigenvalue weighted by atomic mass is 15.4. The van der Waals surface area contributed by atoms with Crippen molar-refractivity contribution in [2.75, 3.05) is 11.1 Å². The molecule has 2 unspecified atom stereocenters. The number of anilines is 2. The predicted octanol–water partition coefficient (Wildman–Crippen LogP) is 2.02. The molecule has 0 spiro atoms. The zero-order valence-electron chi connectivity index (χ0n) is 12.2. The maximum atomic E-state index is 5.78. The van der Waals surface area contributed by atoms with Gasteiger partial charge in [-0.15, -0.1) is 0 Å². The fraction of sp³-hybridized carbons (Fsp3) is 0.571. The van der Waals surface area contributed by atoms with Gasteiger partial charge in [0.05, 0.1) is 0 Å². The molecule has 0 bridgehead atoms. The first-order valence-electron chi connectivity index (χ1n) is 7.52. The van der Waals surface area contributed by atoms with Gasteiger partial charge in [0.1, 0.15) is 0 Å². The van der Waals surface area contributed by atoms with Crippen LogP contribution in [0.15, 0.2) is 18.5 Å². The number of nitrogen functional groups attached to an aromatic ring is 1. The molecule has 112 valence electrons. The van der Waals surface area contributed by atoms with Gasteiger partial charge in [-0.1, -0.05) is 26.2 Å². The van der Waals surface area contributed by atoms with Crippen molar-refractivity contribution in [3.63, 3.8) is 0 Å². The number of nitrogens with two attached hydrogens (primary N) is 1. The van der Waals surface area contributed by atoms with Gasteiger partial charge in [-0.05, 0) is 24.8 Å². The maximum Gasteiger partial charge on any atom is 0.257 e. The molecule has 0 aromatic carbocycles. The van der Waals surface area contributed by atoms with Gasteiger partial charge in [0.15, 0.2) is 0 Å². The summed E-state index contributed by atoms with van der Waals surface area (Å²) in [7, 11) is 0. The van der Waals surface area contributed by atoms with E-state index >= 15 is 0 Å². The zero-order chi connectivity index (χ0) is 14.7. The van der Waals surface area contributed by atoms with Crippen molar-refractivity contribution in [1.29, 1.82) is 0 Å². The molecule has 3 rings (SSSR count). The number of nitrogens with one attached hydrogen (secondary N) is 1. The molecule has 0 radical (unpaired) electrons. The van der Waals surface area contributed by atoms with Crippen LogP contribution in [0.25, 0.3) is 5.95 Å². The summed E-state index contributed by atoms with van der Waals surface area (Å²) in [4.78, 5) is 12.7. The summed E-state index contributed by atoms with van der Waals surface area (Å²) in [6.45, 7) is 2.25. The fourth-order valence-electron chi connectivity index (χ4n) is 2.91. The molecule has 1 fully saturated rings. The van der Waals surface area contributed by atoms with E-state index in [4.69, 9.17) is 5.73 Å². The van der Waals surface area contributed by atoms with E-state index in [1.165, 1.54) is 25.7 Å². The van der Waals surface area contributed by atoms with Crippen molar-refractivity contribution in [3.05, 3.63) is 18.5 Å². The van der Waals surface area contributed by atoms with Crippen LogP contribution in [-0.4, -0.2) is 30.8 Å². The minimum absolute atomic E-state index is 0.209. The Morgan fingerprint density at radius 3 is 3.00 bits per heavy atom. The minimum Gasteiger partial charge on any atom is -0.368 e. The molecule has 3 N–H and O–H groups in total. The molecule has 0 saturated heterocycles. The van der Waals surface area contributed by atoms with E-state index in [9.17, 15) is 0 Å². The lowest BCUT2D eigenvalue weighted by atomic mass is 9.84. The van der Waals surface area contributed by atoms with Crippen LogP contribution in [0, 0.1) is 5.92 Å². The van der Waals surface area contributed by atoms with Gasteiger partial charge in [-0.3, -0.25) is 0 Å². The minimum atomic E-state index is 0.209. The molecular weight excluding hydrogens is 266 g/mol. The summed E-state index contributed by atoms with van der Waals surface area (Å²) < 4.78 is 1.58. The highest BCUT2D eigenvalue weighted by Gasteiger charge is 2.21. The molecule has 2 atom stereocenters. The molecule has 7 nitrogen and oxygen atoms in total. The second-order valence-electron chi connectivity index (χ2n) is 5.55. The van der Waals surface area contributed by atoms with Gasteiger partial charge in [-0.25, -0.2) is 4.68 Å². The number of hydrogen-bond donors (Lipinski definition) is 2. The molecule has 2 heterocycles. The Morgan fingerprint density at radius 1 is 1.33 bits per heavy atom. The molecule has 0 amide bonds. The Kier molecular flexibility index (Phi) is 3.98. The van der Waals surface area contributed by atoms with Crippen LogP contribution in [0.4, 0.5) is 11.9 Å². The quantitative estimate of drug-likeness (QED) is 0.893. The summed E-state index contributed by atoms with van der Waals surface area (Å²) in [5.41, 5.74) is 5.78. The Morgan fingerprint density at radius 2 is 2.24 bits per heavy atom. The number of aromatic nitrogens is 5. The third kappa shape index (κ3) is 3.29. The van der Waals surface area contributed by atoms with Crippen LogP contribution in [0.3, 0.4) is 0 Å². The Labute approximate surface area is 124 Å². The largest absolute Gasteiger partial charge is 0.368 e. The predicted molar refractivity (Wildman–Crippen MR) is 81.0 cm³/mol. The molecule has 2 aromatic rings. The second-order valence-corrected chi connectivity index (χ2v) is 5.55. The number of rotatable bonds is 4. The van der Waals surface area contributed by atoms with Crippen LogP contribution < -0.4 is 11.1 Å². The van der Waals surface area contributed by atoms with Crippen LogP contribution in [0.1, 0.15) is 39.0 Å². The number of nitrogens with zero attached hydrogens (tertiary/aromatic N) is 5. The molecule has 1 aliphatic rings. The molecule has 0 aliphatic heterocycles. The van der Waals surface area contributed by atoms with Crippen molar-refractivity contribution < 1.29 is 0 Å². The topological polar surface area (TPSA) is 94.5 Å². The summed E-state index contributed by atoms with van der Waals surface area (Å²) in [6.07, 6.45) is 9.59. The van der Waals surface area contributed by atoms with Crippen molar-refractivity contribution in [1.82, 2.24) is 24.7 Å². The van der Waals surface area contributed by atoms with E-state index in [1.54, 1.807) is 17.1 Å². The monoisotopic (exact) mass is 287 g/mol. The Bertz CT molecular complexity index is 581. The smallest absolute Gasteiger partial charge is 0.257 e. The molecular formula is C14H21N7. The lowest BCUT2D eigenvalue weighted by Gasteiger charge is -2.29. The molecule has 1 saturated carbocycles. The fourth-order valence-corrected chi connectivity index (χ4v) is 2.91. The van der Waals surface area contributed by atoms with E-state index in [2.05, 4.69) is 32.3 Å². The summed E-state index contributed by atoms with van der Waals surface area (Å²) >= 11 is 0. The van der Waals surface area contributed by atoms with Crippen LogP contribution in [0.2, 0.25) is 0 Å². The SMILES string of the molecule is CCC1CCCC(Nc2nc(N)nc(-n3cccn3)n2)C1. The van der Waals surface area contributed by atoms with E-state index in [1.807, 2.05) is 6.07 Å². The summed E-state index contributed by atoms with van der Waals surface area (Å²) in [6, 6.07) is 2.23. The van der Waals surface area contributed by atoms with Gasteiger partial charge in [0, 0.05) is 18.4 Å². The molecule has 1 aliphatic carbocycles. The van der Waals surface area contributed by atoms with Crippen molar-refractivity contribution >= 4 is 11.9 Å². The standard InChI is InChI=1S/C14H21N7/c1-2-10-5-3-6-11(9-10)17-13-18-12(15)19-14(20-13)21-8-4-7-16-21/h4,7-8,10-11H,2-3,5-6,9H2,1H3,(H3,15,17,18,19,20). The first-order chi connectivity index (χ1) is 10.2. The number of hydrogen-bond acceptors (Lipinski definition) is 6. The first kappa shape index (κ1) is 13.8. The maximum absolute atomic E-state index is 5.78. The van der Waals surface area contributed by atoms with E-state index < -0.39 is 0 Å². The van der Waals surface area contributed by atoms with Gasteiger partial charge in [0.25, 0.3) is 5.95 Å². The molecule has 7 heteroatoms. The highest BCUT2D eigenvalue weighted by Crippen LogP contribution is 2.28. The normalized spacial score (nSPS) is 22.1. The first-order valence-corrected chi connectivity index (χ1v) is 7.52. The second kappa shape index (κ2) is 6.07. The highest BCUT2D eigenvalue weighted by molar-refractivity contribution is 5.35. The van der Waals surface area contributed by atoms with E-state index in [-0.39, 0.29) is 5.95 Å².